The number of allylic oxidation sites excluding steroid dienone is 1. The number of carbonyl (C=O) groups is 1. The van der Waals surface area contributed by atoms with E-state index in [0.29, 0.717) is 30.3 Å². The Morgan fingerprint density at radius 3 is 2.53 bits per heavy atom. The van der Waals surface area contributed by atoms with Crippen LogP contribution in [0.5, 0.6) is 23.0 Å². The lowest BCUT2D eigenvalue weighted by molar-refractivity contribution is 0.104. The normalized spacial score (nSPS) is 10.7. The number of carbonyl (C=O) groups excluding carboxylic acids is 1. The fraction of sp³-hybridized carbons (Fsp3) is 0.125. The van der Waals surface area contributed by atoms with Gasteiger partial charge in [-0.05, 0) is 54.1 Å². The van der Waals surface area contributed by atoms with Crippen LogP contribution in [0.1, 0.15) is 15.9 Å². The molecule has 6 heteroatoms. The van der Waals surface area contributed by atoms with Gasteiger partial charge < -0.3 is 19.3 Å². The van der Waals surface area contributed by atoms with E-state index in [0.717, 1.165) is 15.8 Å². The van der Waals surface area contributed by atoms with Crippen molar-refractivity contribution in [3.05, 3.63) is 88.4 Å². The third kappa shape index (κ3) is 6.12. The average Bonchev–Trinajstić information content (AvgIpc) is 2.75. The predicted octanol–water partition coefficient (Wildman–Crippen LogP) is 5.52. The van der Waals surface area contributed by atoms with E-state index < -0.39 is 0 Å². The molecule has 1 N–H and O–H groups in total. The SMILES string of the molecule is COc1cc(C=CC(=O)c2cccc(O)c2)ccc1OCCOc1cccc(Br)c1. The van der Waals surface area contributed by atoms with E-state index in [-0.39, 0.29) is 11.5 Å². The molecular formula is C24H21BrO5. The molecular weight excluding hydrogens is 448 g/mol. The summed E-state index contributed by atoms with van der Waals surface area (Å²) in [4.78, 5) is 12.2. The quantitative estimate of drug-likeness (QED) is 0.254. The average molecular weight is 469 g/mol. The molecule has 0 unspecified atom stereocenters. The lowest BCUT2D eigenvalue weighted by Crippen LogP contribution is -2.09. The third-order valence-corrected chi connectivity index (χ3v) is 4.64. The highest BCUT2D eigenvalue weighted by Gasteiger charge is 2.07. The molecule has 3 aromatic carbocycles. The van der Waals surface area contributed by atoms with Crippen molar-refractivity contribution in [3.63, 3.8) is 0 Å². The number of hydrogen-bond donors (Lipinski definition) is 1. The highest BCUT2D eigenvalue weighted by Crippen LogP contribution is 2.28. The fourth-order valence-corrected chi connectivity index (χ4v) is 3.08. The molecule has 30 heavy (non-hydrogen) atoms. The number of halogens is 1. The van der Waals surface area contributed by atoms with E-state index in [1.54, 1.807) is 37.5 Å². The van der Waals surface area contributed by atoms with Crippen LogP contribution in [0.15, 0.2) is 77.3 Å². The van der Waals surface area contributed by atoms with Crippen molar-refractivity contribution in [3.8, 4) is 23.0 Å². The maximum atomic E-state index is 12.2. The van der Waals surface area contributed by atoms with Crippen LogP contribution in [0.2, 0.25) is 0 Å². The van der Waals surface area contributed by atoms with Crippen LogP contribution in [-0.4, -0.2) is 31.2 Å². The van der Waals surface area contributed by atoms with E-state index in [9.17, 15) is 9.90 Å². The number of phenols is 1. The molecule has 0 radical (unpaired) electrons. The molecule has 0 heterocycles. The number of ketones is 1. The van der Waals surface area contributed by atoms with Gasteiger partial charge in [-0.2, -0.15) is 0 Å². The van der Waals surface area contributed by atoms with Crippen molar-refractivity contribution >= 4 is 27.8 Å². The number of aromatic hydroxyl groups is 1. The molecule has 0 aromatic heterocycles. The van der Waals surface area contributed by atoms with Crippen LogP contribution in [0, 0.1) is 0 Å². The number of ether oxygens (including phenoxy) is 3. The summed E-state index contributed by atoms with van der Waals surface area (Å²) in [6, 6.07) is 19.2. The Morgan fingerprint density at radius 2 is 1.77 bits per heavy atom. The van der Waals surface area contributed by atoms with Crippen molar-refractivity contribution in [2.24, 2.45) is 0 Å². The maximum absolute atomic E-state index is 12.2. The van der Waals surface area contributed by atoms with E-state index in [1.807, 2.05) is 30.3 Å². The summed E-state index contributed by atoms with van der Waals surface area (Å²) in [5.74, 6) is 1.77. The molecule has 154 valence electrons. The van der Waals surface area contributed by atoms with Crippen LogP contribution < -0.4 is 14.2 Å². The van der Waals surface area contributed by atoms with Crippen molar-refractivity contribution < 1.29 is 24.1 Å². The molecule has 0 spiro atoms. The highest BCUT2D eigenvalue weighted by molar-refractivity contribution is 9.10. The second-order valence-electron chi connectivity index (χ2n) is 6.31. The highest BCUT2D eigenvalue weighted by atomic mass is 79.9. The van der Waals surface area contributed by atoms with Gasteiger partial charge in [0.2, 0.25) is 0 Å². The summed E-state index contributed by atoms with van der Waals surface area (Å²) >= 11 is 3.41. The molecule has 0 aliphatic rings. The molecule has 0 aliphatic carbocycles. The molecule has 0 fully saturated rings. The smallest absolute Gasteiger partial charge is 0.185 e. The molecule has 0 atom stereocenters. The number of hydrogen-bond acceptors (Lipinski definition) is 5. The predicted molar refractivity (Wildman–Crippen MR) is 120 cm³/mol. The summed E-state index contributed by atoms with van der Waals surface area (Å²) in [5, 5.41) is 9.49. The Hall–Kier alpha value is -3.25. The van der Waals surface area contributed by atoms with Crippen molar-refractivity contribution in [2.75, 3.05) is 20.3 Å². The minimum Gasteiger partial charge on any atom is -0.508 e. The molecule has 0 saturated heterocycles. The second-order valence-corrected chi connectivity index (χ2v) is 7.23. The Balaban J connectivity index is 1.58. The number of phenolic OH excluding ortho intramolecular Hbond substituents is 1. The first kappa shape index (κ1) is 21.5. The number of methoxy groups -OCH3 is 1. The van der Waals surface area contributed by atoms with Gasteiger partial charge in [-0.15, -0.1) is 0 Å². The Bertz CT molecular complexity index is 1050. The minimum absolute atomic E-state index is 0.0568. The molecule has 3 rings (SSSR count). The Kier molecular flexibility index (Phi) is 7.51. The first-order chi connectivity index (χ1) is 14.5. The van der Waals surface area contributed by atoms with Gasteiger partial charge in [0, 0.05) is 10.0 Å². The standard InChI is InChI=1S/C24H21BrO5/c1-28-24-14-17(8-10-22(27)18-4-2-6-20(26)15-18)9-11-23(24)30-13-12-29-21-7-3-5-19(25)16-21/h2-11,14-16,26H,12-13H2,1H3. The zero-order valence-corrected chi connectivity index (χ0v) is 18.0. The van der Waals surface area contributed by atoms with E-state index in [2.05, 4.69) is 15.9 Å². The van der Waals surface area contributed by atoms with Crippen LogP contribution in [-0.2, 0) is 0 Å². The summed E-state index contributed by atoms with van der Waals surface area (Å²) in [6.45, 7) is 0.744. The summed E-state index contributed by atoms with van der Waals surface area (Å²) < 4.78 is 17.8. The lowest BCUT2D eigenvalue weighted by Gasteiger charge is -2.12. The first-order valence-corrected chi connectivity index (χ1v) is 10.0. The second kappa shape index (κ2) is 10.5. The van der Waals surface area contributed by atoms with Crippen LogP contribution in [0.25, 0.3) is 6.08 Å². The molecule has 0 amide bonds. The lowest BCUT2D eigenvalue weighted by atomic mass is 10.1. The van der Waals surface area contributed by atoms with Gasteiger partial charge in [0.1, 0.15) is 24.7 Å². The van der Waals surface area contributed by atoms with Crippen LogP contribution in [0.3, 0.4) is 0 Å². The van der Waals surface area contributed by atoms with Gasteiger partial charge in [-0.1, -0.05) is 46.3 Å². The summed E-state index contributed by atoms with van der Waals surface area (Å²) in [5.41, 5.74) is 1.21. The van der Waals surface area contributed by atoms with Crippen LogP contribution >= 0.6 is 15.9 Å². The van der Waals surface area contributed by atoms with Gasteiger partial charge in [-0.25, -0.2) is 0 Å². The largest absolute Gasteiger partial charge is 0.508 e. The molecule has 0 aliphatic heterocycles. The van der Waals surface area contributed by atoms with E-state index in [1.165, 1.54) is 18.2 Å². The van der Waals surface area contributed by atoms with E-state index in [4.69, 9.17) is 14.2 Å². The zero-order valence-electron chi connectivity index (χ0n) is 16.4. The van der Waals surface area contributed by atoms with E-state index >= 15 is 0 Å². The fourth-order valence-electron chi connectivity index (χ4n) is 2.70. The molecule has 5 nitrogen and oxygen atoms in total. The van der Waals surface area contributed by atoms with Crippen LogP contribution in [0.4, 0.5) is 0 Å². The van der Waals surface area contributed by atoms with Gasteiger partial charge in [-0.3, -0.25) is 4.79 Å². The van der Waals surface area contributed by atoms with Gasteiger partial charge >= 0.3 is 0 Å². The van der Waals surface area contributed by atoms with Gasteiger partial charge in [0.05, 0.1) is 7.11 Å². The third-order valence-electron chi connectivity index (χ3n) is 4.15. The zero-order chi connectivity index (χ0) is 21.3. The Labute approximate surface area is 183 Å². The topological polar surface area (TPSA) is 65.0 Å². The maximum Gasteiger partial charge on any atom is 0.185 e. The molecule has 0 saturated carbocycles. The summed E-state index contributed by atoms with van der Waals surface area (Å²) in [6.07, 6.45) is 3.14. The van der Waals surface area contributed by atoms with Gasteiger partial charge in [0.15, 0.2) is 17.3 Å². The van der Waals surface area contributed by atoms with Crippen molar-refractivity contribution in [1.82, 2.24) is 0 Å². The minimum atomic E-state index is -0.199. The van der Waals surface area contributed by atoms with Crippen molar-refractivity contribution in [1.29, 1.82) is 0 Å². The molecule has 0 bridgehead atoms. The van der Waals surface area contributed by atoms with Gasteiger partial charge in [0.25, 0.3) is 0 Å². The first-order valence-electron chi connectivity index (χ1n) is 9.26. The molecule has 3 aromatic rings. The monoisotopic (exact) mass is 468 g/mol. The number of rotatable bonds is 9. The number of benzene rings is 3. The Morgan fingerprint density at radius 1 is 0.967 bits per heavy atom. The summed E-state index contributed by atoms with van der Waals surface area (Å²) in [7, 11) is 1.56. The van der Waals surface area contributed by atoms with Crippen molar-refractivity contribution in [2.45, 2.75) is 0 Å².